The Labute approximate surface area is 116 Å². The number of nitrogen functional groups attached to an aromatic ring is 1. The Hall–Kier alpha value is -1.48. The minimum absolute atomic E-state index is 0.280. The van der Waals surface area contributed by atoms with Crippen molar-refractivity contribution in [3.05, 3.63) is 58.6 Å². The van der Waals surface area contributed by atoms with Crippen LogP contribution in [0.3, 0.4) is 0 Å². The third kappa shape index (κ3) is 3.05. The minimum atomic E-state index is 0.280. The van der Waals surface area contributed by atoms with E-state index in [1.165, 1.54) is 5.56 Å². The molecule has 0 saturated carbocycles. The second-order valence-corrected chi connectivity index (χ2v) is 5.16. The summed E-state index contributed by atoms with van der Waals surface area (Å²) in [6.45, 7) is 2.17. The molecule has 0 bridgehead atoms. The first kappa shape index (κ1) is 13.0. The molecule has 0 spiro atoms. The maximum absolute atomic E-state index is 5.99. The van der Waals surface area contributed by atoms with E-state index in [0.29, 0.717) is 0 Å². The lowest BCUT2D eigenvalue weighted by atomic mass is 10.0. The van der Waals surface area contributed by atoms with Gasteiger partial charge in [-0.05, 0) is 30.2 Å². The van der Waals surface area contributed by atoms with Crippen LogP contribution in [-0.2, 0) is 0 Å². The standard InChI is InChI=1S/C15H17BrN2/c1-2-14(11-6-4-3-5-7-11)18-15-10-12(16)8-9-13(15)17/h3-10,14,18H,2,17H2,1H3. The molecule has 0 aliphatic carbocycles. The van der Waals surface area contributed by atoms with E-state index in [4.69, 9.17) is 5.73 Å². The van der Waals surface area contributed by atoms with Crippen LogP contribution in [0, 0.1) is 0 Å². The van der Waals surface area contributed by atoms with E-state index in [1.807, 2.05) is 24.3 Å². The van der Waals surface area contributed by atoms with Crippen molar-refractivity contribution in [3.63, 3.8) is 0 Å². The molecule has 94 valence electrons. The summed E-state index contributed by atoms with van der Waals surface area (Å²) in [5.74, 6) is 0. The van der Waals surface area contributed by atoms with Gasteiger partial charge in [0.25, 0.3) is 0 Å². The van der Waals surface area contributed by atoms with Crippen molar-refractivity contribution in [1.82, 2.24) is 0 Å². The van der Waals surface area contributed by atoms with Crippen molar-refractivity contribution in [3.8, 4) is 0 Å². The summed E-state index contributed by atoms with van der Waals surface area (Å²) in [5.41, 5.74) is 9.01. The first-order chi connectivity index (χ1) is 8.70. The Bertz CT molecular complexity index is 511. The lowest BCUT2D eigenvalue weighted by Gasteiger charge is -2.20. The van der Waals surface area contributed by atoms with Crippen molar-refractivity contribution in [1.29, 1.82) is 0 Å². The van der Waals surface area contributed by atoms with Gasteiger partial charge in [0, 0.05) is 4.47 Å². The molecular formula is C15H17BrN2. The van der Waals surface area contributed by atoms with Gasteiger partial charge in [-0.25, -0.2) is 0 Å². The maximum atomic E-state index is 5.99. The summed E-state index contributed by atoms with van der Waals surface area (Å²) in [6, 6.07) is 16.6. The average Bonchev–Trinajstić information content (AvgIpc) is 2.41. The zero-order valence-electron chi connectivity index (χ0n) is 10.4. The molecule has 0 aromatic heterocycles. The number of nitrogens with one attached hydrogen (secondary N) is 1. The van der Waals surface area contributed by atoms with Gasteiger partial charge in [0.2, 0.25) is 0 Å². The SMILES string of the molecule is CCC(Nc1cc(Br)ccc1N)c1ccccc1. The van der Waals surface area contributed by atoms with Crippen LogP contribution in [0.2, 0.25) is 0 Å². The van der Waals surface area contributed by atoms with Crippen molar-refractivity contribution in [2.75, 3.05) is 11.1 Å². The van der Waals surface area contributed by atoms with Crippen LogP contribution in [0.4, 0.5) is 11.4 Å². The minimum Gasteiger partial charge on any atom is -0.397 e. The Kier molecular flexibility index (Phi) is 4.26. The molecule has 0 radical (unpaired) electrons. The molecule has 0 heterocycles. The molecular weight excluding hydrogens is 288 g/mol. The van der Waals surface area contributed by atoms with Crippen molar-refractivity contribution < 1.29 is 0 Å². The second-order valence-electron chi connectivity index (χ2n) is 4.25. The van der Waals surface area contributed by atoms with E-state index in [1.54, 1.807) is 0 Å². The number of benzene rings is 2. The van der Waals surface area contributed by atoms with E-state index in [9.17, 15) is 0 Å². The van der Waals surface area contributed by atoms with Crippen LogP contribution < -0.4 is 11.1 Å². The summed E-state index contributed by atoms with van der Waals surface area (Å²) >= 11 is 3.47. The van der Waals surface area contributed by atoms with Crippen LogP contribution in [0.5, 0.6) is 0 Å². The van der Waals surface area contributed by atoms with Gasteiger partial charge in [-0.15, -0.1) is 0 Å². The van der Waals surface area contributed by atoms with Gasteiger partial charge >= 0.3 is 0 Å². The van der Waals surface area contributed by atoms with Gasteiger partial charge in [-0.3, -0.25) is 0 Å². The molecule has 0 aliphatic rings. The van der Waals surface area contributed by atoms with Crippen LogP contribution in [0.15, 0.2) is 53.0 Å². The predicted molar refractivity (Wildman–Crippen MR) is 81.7 cm³/mol. The molecule has 3 heteroatoms. The fourth-order valence-electron chi connectivity index (χ4n) is 1.95. The van der Waals surface area contributed by atoms with E-state index in [-0.39, 0.29) is 6.04 Å². The van der Waals surface area contributed by atoms with Crippen molar-refractivity contribution in [2.24, 2.45) is 0 Å². The summed E-state index contributed by atoms with van der Waals surface area (Å²) in [4.78, 5) is 0. The zero-order valence-corrected chi connectivity index (χ0v) is 11.9. The Balaban J connectivity index is 2.23. The number of nitrogens with two attached hydrogens (primary N) is 1. The average molecular weight is 305 g/mol. The largest absolute Gasteiger partial charge is 0.397 e. The molecule has 1 atom stereocenters. The van der Waals surface area contributed by atoms with Crippen molar-refractivity contribution in [2.45, 2.75) is 19.4 Å². The van der Waals surface area contributed by atoms with Gasteiger partial charge in [0.15, 0.2) is 0 Å². The van der Waals surface area contributed by atoms with E-state index >= 15 is 0 Å². The van der Waals surface area contributed by atoms with E-state index in [2.05, 4.69) is 52.4 Å². The molecule has 2 rings (SSSR count). The van der Waals surface area contributed by atoms with Crippen LogP contribution in [0.1, 0.15) is 24.9 Å². The van der Waals surface area contributed by atoms with Crippen molar-refractivity contribution >= 4 is 27.3 Å². The monoisotopic (exact) mass is 304 g/mol. The number of rotatable bonds is 4. The van der Waals surface area contributed by atoms with Gasteiger partial charge in [0.1, 0.15) is 0 Å². The van der Waals surface area contributed by atoms with E-state index < -0.39 is 0 Å². The molecule has 0 fully saturated rings. The van der Waals surface area contributed by atoms with Crippen LogP contribution in [-0.4, -0.2) is 0 Å². The Morgan fingerprint density at radius 2 is 1.89 bits per heavy atom. The highest BCUT2D eigenvalue weighted by atomic mass is 79.9. The lowest BCUT2D eigenvalue weighted by Crippen LogP contribution is -2.10. The fourth-order valence-corrected chi connectivity index (χ4v) is 2.31. The first-order valence-electron chi connectivity index (χ1n) is 6.07. The normalized spacial score (nSPS) is 12.1. The highest BCUT2D eigenvalue weighted by molar-refractivity contribution is 9.10. The molecule has 1 unspecified atom stereocenters. The first-order valence-corrected chi connectivity index (χ1v) is 6.86. The van der Waals surface area contributed by atoms with E-state index in [0.717, 1.165) is 22.3 Å². The smallest absolute Gasteiger partial charge is 0.0590 e. The highest BCUT2D eigenvalue weighted by Crippen LogP contribution is 2.28. The zero-order chi connectivity index (χ0) is 13.0. The molecule has 18 heavy (non-hydrogen) atoms. The Morgan fingerprint density at radius 1 is 1.17 bits per heavy atom. The highest BCUT2D eigenvalue weighted by Gasteiger charge is 2.10. The molecule has 0 aliphatic heterocycles. The third-order valence-electron chi connectivity index (χ3n) is 2.96. The number of hydrogen-bond donors (Lipinski definition) is 2. The van der Waals surface area contributed by atoms with Crippen LogP contribution >= 0.6 is 15.9 Å². The molecule has 0 amide bonds. The summed E-state index contributed by atoms with van der Waals surface area (Å²) in [6.07, 6.45) is 1.01. The number of hydrogen-bond acceptors (Lipinski definition) is 2. The molecule has 3 N–H and O–H groups in total. The number of halogens is 1. The van der Waals surface area contributed by atoms with Gasteiger partial charge in [-0.1, -0.05) is 53.2 Å². The fraction of sp³-hybridized carbons (Fsp3) is 0.200. The molecule has 2 nitrogen and oxygen atoms in total. The molecule has 2 aromatic carbocycles. The maximum Gasteiger partial charge on any atom is 0.0590 e. The third-order valence-corrected chi connectivity index (χ3v) is 3.45. The summed E-state index contributed by atoms with van der Waals surface area (Å²) in [5, 5.41) is 3.50. The lowest BCUT2D eigenvalue weighted by molar-refractivity contribution is 0.750. The van der Waals surface area contributed by atoms with Crippen LogP contribution in [0.25, 0.3) is 0 Å². The second kappa shape index (κ2) is 5.91. The topological polar surface area (TPSA) is 38.0 Å². The predicted octanol–water partition coefficient (Wildman–Crippen LogP) is 4.59. The molecule has 2 aromatic rings. The quantitative estimate of drug-likeness (QED) is 0.811. The van der Waals surface area contributed by atoms with Gasteiger partial charge in [0.05, 0.1) is 17.4 Å². The van der Waals surface area contributed by atoms with Gasteiger partial charge in [-0.2, -0.15) is 0 Å². The summed E-state index contributed by atoms with van der Waals surface area (Å²) < 4.78 is 1.03. The van der Waals surface area contributed by atoms with Gasteiger partial charge < -0.3 is 11.1 Å². The Morgan fingerprint density at radius 3 is 2.56 bits per heavy atom. The molecule has 0 saturated heterocycles. The number of anilines is 2. The summed E-state index contributed by atoms with van der Waals surface area (Å²) in [7, 11) is 0.